The maximum Gasteiger partial charge on any atom is 0.325 e. The van der Waals surface area contributed by atoms with Crippen LogP contribution < -0.4 is 15.4 Å². The van der Waals surface area contributed by atoms with Crippen LogP contribution in [0.2, 0.25) is 0 Å². The van der Waals surface area contributed by atoms with Crippen molar-refractivity contribution in [3.63, 3.8) is 0 Å². The first kappa shape index (κ1) is 21.2. The van der Waals surface area contributed by atoms with Gasteiger partial charge < -0.3 is 20.1 Å². The minimum absolute atomic E-state index is 0.0162. The lowest BCUT2D eigenvalue weighted by Crippen LogP contribution is -2.40. The van der Waals surface area contributed by atoms with Crippen molar-refractivity contribution in [3.8, 4) is 5.75 Å². The number of urea groups is 1. The molecule has 0 spiro atoms. The summed E-state index contributed by atoms with van der Waals surface area (Å²) in [5, 5.41) is 5.21. The highest BCUT2D eigenvalue weighted by Gasteiger charge is 2.43. The largest absolute Gasteiger partial charge is 0.497 e. The van der Waals surface area contributed by atoms with Gasteiger partial charge in [0.1, 0.15) is 11.3 Å². The van der Waals surface area contributed by atoms with Crippen molar-refractivity contribution in [2.45, 2.75) is 45.3 Å². The van der Waals surface area contributed by atoms with Gasteiger partial charge in [-0.1, -0.05) is 0 Å². The van der Waals surface area contributed by atoms with Crippen molar-refractivity contribution in [1.29, 1.82) is 0 Å². The van der Waals surface area contributed by atoms with Gasteiger partial charge in [-0.05, 0) is 51.5 Å². The third-order valence-corrected chi connectivity index (χ3v) is 4.24. The molecule has 0 bridgehead atoms. The molecule has 0 aromatic heterocycles. The first-order valence-electron chi connectivity index (χ1n) is 8.92. The van der Waals surface area contributed by atoms with Gasteiger partial charge in [0.2, 0.25) is 0 Å². The van der Waals surface area contributed by atoms with E-state index in [0.29, 0.717) is 11.4 Å². The van der Waals surface area contributed by atoms with Crippen LogP contribution in [0, 0.1) is 0 Å². The van der Waals surface area contributed by atoms with Crippen LogP contribution >= 0.6 is 0 Å². The molecule has 152 valence electrons. The van der Waals surface area contributed by atoms with Crippen LogP contribution in [0.4, 0.5) is 10.5 Å². The third kappa shape index (κ3) is 5.21. The number of methoxy groups -OCH3 is 1. The van der Waals surface area contributed by atoms with Gasteiger partial charge in [-0.25, -0.2) is 4.79 Å². The maximum absolute atomic E-state index is 12.1. The number of ether oxygens (including phenoxy) is 2. The van der Waals surface area contributed by atoms with Crippen molar-refractivity contribution in [2.75, 3.05) is 19.0 Å². The van der Waals surface area contributed by atoms with Crippen LogP contribution in [-0.4, -0.2) is 54.0 Å². The summed E-state index contributed by atoms with van der Waals surface area (Å²) in [7, 11) is 1.54. The zero-order chi connectivity index (χ0) is 20.9. The number of carbonyl (C=O) groups is 4. The average Bonchev–Trinajstić information content (AvgIpc) is 2.83. The van der Waals surface area contributed by atoms with E-state index in [1.54, 1.807) is 45.2 Å². The van der Waals surface area contributed by atoms with E-state index < -0.39 is 29.6 Å². The molecule has 28 heavy (non-hydrogen) atoms. The number of hydrogen-bond donors (Lipinski definition) is 2. The van der Waals surface area contributed by atoms with Crippen LogP contribution in [0.25, 0.3) is 0 Å². The second-order valence-electron chi connectivity index (χ2n) is 6.97. The van der Waals surface area contributed by atoms with Crippen molar-refractivity contribution in [1.82, 2.24) is 10.2 Å². The summed E-state index contributed by atoms with van der Waals surface area (Å²) < 4.78 is 10.2. The first-order chi connectivity index (χ1) is 13.1. The number of imide groups is 1. The fourth-order valence-corrected chi connectivity index (χ4v) is 2.63. The Morgan fingerprint density at radius 1 is 1.21 bits per heavy atom. The Kier molecular flexibility index (Phi) is 6.61. The molecular formula is C19H25N3O6. The summed E-state index contributed by atoms with van der Waals surface area (Å²) in [5.74, 6) is -0.720. The molecular weight excluding hydrogens is 366 g/mol. The van der Waals surface area contributed by atoms with Crippen molar-refractivity contribution in [3.05, 3.63) is 24.3 Å². The monoisotopic (exact) mass is 391 g/mol. The molecule has 2 N–H and O–H groups in total. The Balaban J connectivity index is 1.75. The number of benzene rings is 1. The Bertz CT molecular complexity index is 759. The molecule has 1 atom stereocenters. The highest BCUT2D eigenvalue weighted by atomic mass is 16.5. The molecule has 0 unspecified atom stereocenters. The van der Waals surface area contributed by atoms with E-state index in [1.165, 1.54) is 6.92 Å². The molecule has 1 heterocycles. The molecule has 2 rings (SSSR count). The predicted octanol–water partition coefficient (Wildman–Crippen LogP) is 1.68. The van der Waals surface area contributed by atoms with E-state index >= 15 is 0 Å². The van der Waals surface area contributed by atoms with Crippen molar-refractivity contribution >= 4 is 29.5 Å². The molecule has 4 amide bonds. The number of anilines is 1. The summed E-state index contributed by atoms with van der Waals surface area (Å²) in [6.45, 7) is 4.81. The summed E-state index contributed by atoms with van der Waals surface area (Å²) in [5.41, 5.74) is -0.388. The number of hydrogen-bond acceptors (Lipinski definition) is 6. The highest BCUT2D eigenvalue weighted by Crippen LogP contribution is 2.17. The maximum atomic E-state index is 12.1. The predicted molar refractivity (Wildman–Crippen MR) is 101 cm³/mol. The number of amides is 4. The SMILES string of the molecule is COc1ccc(NC(=O)[C@@H](C)OC(=O)CCCN2C(=O)NC(C)(C)C2=O)cc1. The molecule has 1 fully saturated rings. The van der Waals surface area contributed by atoms with Crippen LogP contribution in [0.3, 0.4) is 0 Å². The van der Waals surface area contributed by atoms with Crippen LogP contribution in [0.15, 0.2) is 24.3 Å². The van der Waals surface area contributed by atoms with Crippen LogP contribution in [-0.2, 0) is 19.1 Å². The lowest BCUT2D eigenvalue weighted by atomic mass is 10.1. The van der Waals surface area contributed by atoms with E-state index in [0.717, 1.165) is 4.90 Å². The molecule has 1 saturated heterocycles. The normalized spacial score (nSPS) is 16.4. The van der Waals surface area contributed by atoms with Crippen LogP contribution in [0.1, 0.15) is 33.6 Å². The van der Waals surface area contributed by atoms with Gasteiger partial charge in [0, 0.05) is 18.7 Å². The fraction of sp³-hybridized carbons (Fsp3) is 0.474. The minimum atomic E-state index is -0.981. The van der Waals surface area contributed by atoms with E-state index in [2.05, 4.69) is 10.6 Å². The number of nitrogens with one attached hydrogen (secondary N) is 2. The Labute approximate surface area is 163 Å². The molecule has 9 heteroatoms. The smallest absolute Gasteiger partial charge is 0.325 e. The Hall–Kier alpha value is -3.10. The molecule has 1 aliphatic heterocycles. The van der Waals surface area contributed by atoms with Gasteiger partial charge in [0.25, 0.3) is 11.8 Å². The van der Waals surface area contributed by atoms with Gasteiger partial charge in [0.15, 0.2) is 6.10 Å². The Morgan fingerprint density at radius 2 is 1.86 bits per heavy atom. The summed E-state index contributed by atoms with van der Waals surface area (Å²) in [4.78, 5) is 49.0. The highest BCUT2D eigenvalue weighted by molar-refractivity contribution is 6.06. The van der Waals surface area contributed by atoms with Gasteiger partial charge in [-0.2, -0.15) is 0 Å². The third-order valence-electron chi connectivity index (χ3n) is 4.24. The molecule has 1 aliphatic rings. The fourth-order valence-electron chi connectivity index (χ4n) is 2.63. The standard InChI is InChI=1S/C19H25N3O6/c1-12(16(24)20-13-7-9-14(27-4)10-8-13)28-15(23)6-5-11-22-17(25)19(2,3)21-18(22)26/h7-10,12H,5-6,11H2,1-4H3,(H,20,24)(H,21,26)/t12-/m1/s1. The quantitative estimate of drug-likeness (QED) is 0.515. The zero-order valence-corrected chi connectivity index (χ0v) is 16.4. The van der Waals surface area contributed by atoms with Gasteiger partial charge in [-0.15, -0.1) is 0 Å². The zero-order valence-electron chi connectivity index (χ0n) is 16.4. The van der Waals surface area contributed by atoms with Crippen molar-refractivity contribution in [2.24, 2.45) is 0 Å². The molecule has 0 saturated carbocycles. The topological polar surface area (TPSA) is 114 Å². The van der Waals surface area contributed by atoms with Gasteiger partial charge in [-0.3, -0.25) is 19.3 Å². The average molecular weight is 391 g/mol. The molecule has 9 nitrogen and oxygen atoms in total. The summed E-state index contributed by atoms with van der Waals surface area (Å²) >= 11 is 0. The second kappa shape index (κ2) is 8.73. The molecule has 0 aliphatic carbocycles. The lowest BCUT2D eigenvalue weighted by Gasteiger charge is -2.16. The van der Waals surface area contributed by atoms with E-state index in [-0.39, 0.29) is 25.3 Å². The van der Waals surface area contributed by atoms with Gasteiger partial charge in [0.05, 0.1) is 7.11 Å². The first-order valence-corrected chi connectivity index (χ1v) is 8.92. The number of carbonyl (C=O) groups excluding carboxylic acids is 4. The molecule has 1 aromatic carbocycles. The van der Waals surface area contributed by atoms with E-state index in [4.69, 9.17) is 9.47 Å². The molecule has 1 aromatic rings. The summed E-state index contributed by atoms with van der Waals surface area (Å²) in [6, 6.07) is 6.26. The van der Waals surface area contributed by atoms with Crippen molar-refractivity contribution < 1.29 is 28.7 Å². The number of nitrogens with zero attached hydrogens (tertiary/aromatic N) is 1. The lowest BCUT2D eigenvalue weighted by molar-refractivity contribution is -0.153. The Morgan fingerprint density at radius 3 is 2.39 bits per heavy atom. The second-order valence-corrected chi connectivity index (χ2v) is 6.97. The van der Waals surface area contributed by atoms with E-state index in [1.807, 2.05) is 0 Å². The minimum Gasteiger partial charge on any atom is -0.497 e. The van der Waals surface area contributed by atoms with Crippen LogP contribution in [0.5, 0.6) is 5.75 Å². The summed E-state index contributed by atoms with van der Waals surface area (Å²) in [6.07, 6.45) is -0.747. The number of rotatable bonds is 8. The number of esters is 1. The molecule has 0 radical (unpaired) electrons. The van der Waals surface area contributed by atoms with E-state index in [9.17, 15) is 19.2 Å². The van der Waals surface area contributed by atoms with Gasteiger partial charge >= 0.3 is 12.0 Å².